The number of rotatable bonds is 7. The summed E-state index contributed by atoms with van der Waals surface area (Å²) in [5, 5.41) is 16.5. The first-order valence-corrected chi connectivity index (χ1v) is 8.90. The number of hydrogen-bond acceptors (Lipinski definition) is 4. The van der Waals surface area contributed by atoms with Crippen molar-refractivity contribution >= 4 is 28.9 Å². The number of hydrogen-bond donors (Lipinski definition) is 3. The molecule has 0 aliphatic rings. The number of halogens is 1. The van der Waals surface area contributed by atoms with Crippen molar-refractivity contribution in [2.45, 2.75) is 19.6 Å². The second-order valence-electron chi connectivity index (χ2n) is 5.05. The molecule has 1 heterocycles. The Kier molecular flexibility index (Phi) is 7.36. The van der Waals surface area contributed by atoms with E-state index in [4.69, 9.17) is 16.3 Å². The van der Waals surface area contributed by atoms with Crippen LogP contribution >= 0.6 is 22.9 Å². The summed E-state index contributed by atoms with van der Waals surface area (Å²) in [7, 11) is 1.65. The predicted octanol–water partition coefficient (Wildman–Crippen LogP) is 3.20. The van der Waals surface area contributed by atoms with Gasteiger partial charge in [0.1, 0.15) is 11.9 Å². The smallest absolute Gasteiger partial charge is 0.191 e. The lowest BCUT2D eigenvalue weighted by Gasteiger charge is -2.14. The van der Waals surface area contributed by atoms with Crippen LogP contribution in [0, 0.1) is 0 Å². The number of thiophene rings is 1. The van der Waals surface area contributed by atoms with Gasteiger partial charge in [0.25, 0.3) is 0 Å². The van der Waals surface area contributed by atoms with Crippen LogP contribution in [0.15, 0.2) is 41.4 Å². The second-order valence-corrected chi connectivity index (χ2v) is 6.79. The summed E-state index contributed by atoms with van der Waals surface area (Å²) in [4.78, 5) is 5.37. The van der Waals surface area contributed by atoms with E-state index in [0.717, 1.165) is 22.7 Å². The Morgan fingerprint density at radius 2 is 2.08 bits per heavy atom. The first-order valence-electron chi connectivity index (χ1n) is 7.71. The Balaban J connectivity index is 1.97. The lowest BCUT2D eigenvalue weighted by molar-refractivity contribution is 0.184. The van der Waals surface area contributed by atoms with Gasteiger partial charge in [-0.2, -0.15) is 0 Å². The third kappa shape index (κ3) is 5.40. The fourth-order valence-electron chi connectivity index (χ4n) is 2.14. The van der Waals surface area contributed by atoms with Gasteiger partial charge in [0, 0.05) is 23.5 Å². The molecule has 1 unspecified atom stereocenters. The van der Waals surface area contributed by atoms with Gasteiger partial charge in [0.2, 0.25) is 0 Å². The molecule has 0 radical (unpaired) electrons. The molecule has 2 rings (SSSR count). The molecular weight excluding hydrogens is 346 g/mol. The number of benzene rings is 1. The van der Waals surface area contributed by atoms with Crippen molar-refractivity contribution in [3.05, 3.63) is 51.2 Å². The monoisotopic (exact) mass is 367 g/mol. The zero-order chi connectivity index (χ0) is 17.4. The van der Waals surface area contributed by atoms with E-state index in [-0.39, 0.29) is 0 Å². The summed E-state index contributed by atoms with van der Waals surface area (Å²) in [5.74, 6) is 1.45. The van der Waals surface area contributed by atoms with E-state index >= 15 is 0 Å². The maximum atomic E-state index is 10.2. The van der Waals surface area contributed by atoms with Crippen LogP contribution in [0.1, 0.15) is 23.5 Å². The molecule has 7 heteroatoms. The zero-order valence-corrected chi connectivity index (χ0v) is 15.3. The van der Waals surface area contributed by atoms with Gasteiger partial charge < -0.3 is 20.5 Å². The summed E-state index contributed by atoms with van der Waals surface area (Å²) < 4.78 is 6.00. The lowest BCUT2D eigenvalue weighted by Crippen LogP contribution is -2.39. The highest BCUT2D eigenvalue weighted by atomic mass is 35.5. The molecule has 2 aromatic rings. The van der Waals surface area contributed by atoms with Crippen LogP contribution < -0.4 is 15.4 Å². The number of nitrogens with zero attached hydrogens (tertiary/aromatic N) is 1. The highest BCUT2D eigenvalue weighted by Gasteiger charge is 2.11. The first kappa shape index (κ1) is 18.6. The number of para-hydroxylation sites is 1. The van der Waals surface area contributed by atoms with Gasteiger partial charge in [-0.15, -0.1) is 11.3 Å². The minimum atomic E-state index is -0.627. The van der Waals surface area contributed by atoms with Gasteiger partial charge in [-0.05, 0) is 25.1 Å². The van der Waals surface area contributed by atoms with E-state index in [1.807, 2.05) is 37.3 Å². The quantitative estimate of drug-likeness (QED) is 0.519. The van der Waals surface area contributed by atoms with Crippen molar-refractivity contribution in [2.24, 2.45) is 4.99 Å². The highest BCUT2D eigenvalue weighted by molar-refractivity contribution is 7.16. The number of nitrogens with one attached hydrogen (secondary N) is 2. The van der Waals surface area contributed by atoms with Crippen LogP contribution in [-0.4, -0.2) is 31.3 Å². The van der Waals surface area contributed by atoms with Gasteiger partial charge in [0.05, 0.1) is 18.0 Å². The van der Waals surface area contributed by atoms with Crippen molar-refractivity contribution in [3.63, 3.8) is 0 Å². The van der Waals surface area contributed by atoms with E-state index in [1.54, 1.807) is 13.2 Å². The van der Waals surface area contributed by atoms with E-state index in [9.17, 15) is 5.11 Å². The molecule has 0 spiro atoms. The molecule has 1 aromatic carbocycles. The van der Waals surface area contributed by atoms with Gasteiger partial charge in [-0.3, -0.25) is 0 Å². The Morgan fingerprint density at radius 1 is 1.29 bits per heavy atom. The lowest BCUT2D eigenvalue weighted by atomic mass is 10.2. The van der Waals surface area contributed by atoms with Crippen molar-refractivity contribution in [2.75, 3.05) is 20.2 Å². The summed E-state index contributed by atoms with van der Waals surface area (Å²) in [6.45, 7) is 3.57. The van der Waals surface area contributed by atoms with Gasteiger partial charge >= 0.3 is 0 Å². The minimum Gasteiger partial charge on any atom is -0.496 e. The van der Waals surface area contributed by atoms with E-state index in [2.05, 4.69) is 15.6 Å². The van der Waals surface area contributed by atoms with E-state index < -0.39 is 6.10 Å². The third-order valence-corrected chi connectivity index (χ3v) is 4.66. The number of aliphatic imine (C=N–C) groups is 1. The van der Waals surface area contributed by atoms with Crippen molar-refractivity contribution in [1.29, 1.82) is 0 Å². The molecule has 3 N–H and O–H groups in total. The zero-order valence-electron chi connectivity index (χ0n) is 13.8. The number of aliphatic hydroxyl groups is 1. The topological polar surface area (TPSA) is 65.9 Å². The van der Waals surface area contributed by atoms with Crippen LogP contribution in [0.25, 0.3) is 0 Å². The van der Waals surface area contributed by atoms with Crippen molar-refractivity contribution in [1.82, 2.24) is 10.6 Å². The fraction of sp³-hybridized carbons (Fsp3) is 0.353. The molecular formula is C17H22ClN3O2S. The predicted molar refractivity (Wildman–Crippen MR) is 100 cm³/mol. The summed E-state index contributed by atoms with van der Waals surface area (Å²) in [5.41, 5.74) is 1.00. The number of guanidine groups is 1. The summed E-state index contributed by atoms with van der Waals surface area (Å²) in [6, 6.07) is 11.4. The highest BCUT2D eigenvalue weighted by Crippen LogP contribution is 2.26. The number of methoxy groups -OCH3 is 1. The van der Waals surface area contributed by atoms with Crippen LogP contribution in [0.4, 0.5) is 0 Å². The van der Waals surface area contributed by atoms with Gasteiger partial charge in [0.15, 0.2) is 5.96 Å². The van der Waals surface area contributed by atoms with E-state index in [1.165, 1.54) is 11.3 Å². The molecule has 0 bridgehead atoms. The van der Waals surface area contributed by atoms with Gasteiger partial charge in [-0.1, -0.05) is 29.8 Å². The Bertz CT molecular complexity index is 675. The Hall–Kier alpha value is -1.76. The van der Waals surface area contributed by atoms with Crippen LogP contribution in [0.2, 0.25) is 4.34 Å². The van der Waals surface area contributed by atoms with Crippen molar-refractivity contribution in [3.8, 4) is 5.75 Å². The molecule has 0 aliphatic heterocycles. The standard InChI is InChI=1S/C17H22ClN3O2S/c1-3-19-17(20-10-12-6-4-5-7-14(12)23-2)21-11-13(22)15-8-9-16(18)24-15/h4-9,13,22H,3,10-11H2,1-2H3,(H2,19,20,21). The molecule has 0 fully saturated rings. The normalized spacial score (nSPS) is 12.8. The SMILES string of the molecule is CCNC(=NCc1ccccc1OC)NCC(O)c1ccc(Cl)s1. The Labute approximate surface area is 151 Å². The maximum Gasteiger partial charge on any atom is 0.191 e. The molecule has 5 nitrogen and oxygen atoms in total. The largest absolute Gasteiger partial charge is 0.496 e. The molecule has 0 saturated heterocycles. The summed E-state index contributed by atoms with van der Waals surface area (Å²) in [6.07, 6.45) is -0.627. The molecule has 130 valence electrons. The molecule has 1 aromatic heterocycles. The van der Waals surface area contributed by atoms with Crippen LogP contribution in [0.5, 0.6) is 5.75 Å². The molecule has 1 atom stereocenters. The first-order chi connectivity index (χ1) is 11.6. The third-order valence-electron chi connectivity index (χ3n) is 3.33. The van der Waals surface area contributed by atoms with Crippen LogP contribution in [0.3, 0.4) is 0 Å². The number of aliphatic hydroxyl groups excluding tert-OH is 1. The Morgan fingerprint density at radius 3 is 2.75 bits per heavy atom. The minimum absolute atomic E-state index is 0.356. The number of ether oxygens (including phenoxy) is 1. The maximum absolute atomic E-state index is 10.2. The van der Waals surface area contributed by atoms with Crippen molar-refractivity contribution < 1.29 is 9.84 Å². The average Bonchev–Trinajstić information content (AvgIpc) is 3.04. The molecule has 24 heavy (non-hydrogen) atoms. The fourth-order valence-corrected chi connectivity index (χ4v) is 3.19. The molecule has 0 saturated carbocycles. The van der Waals surface area contributed by atoms with E-state index in [0.29, 0.717) is 23.4 Å². The molecule has 0 amide bonds. The molecule has 0 aliphatic carbocycles. The summed E-state index contributed by atoms with van der Waals surface area (Å²) >= 11 is 7.28. The average molecular weight is 368 g/mol. The van der Waals surface area contributed by atoms with Crippen LogP contribution in [-0.2, 0) is 6.54 Å². The second kappa shape index (κ2) is 9.52. The van der Waals surface area contributed by atoms with Gasteiger partial charge in [-0.25, -0.2) is 4.99 Å².